The molecule has 2 aliphatic carbocycles. The van der Waals surface area contributed by atoms with Gasteiger partial charge in [0, 0.05) is 12.1 Å². The zero-order chi connectivity index (χ0) is 20.0. The molecule has 0 saturated heterocycles. The van der Waals surface area contributed by atoms with Gasteiger partial charge in [-0.3, -0.25) is 0 Å². The Bertz CT molecular complexity index is 635. The first-order valence-corrected chi connectivity index (χ1v) is 10.8. The summed E-state index contributed by atoms with van der Waals surface area (Å²) in [5.74, 6) is -1.12. The zero-order valence-electron chi connectivity index (χ0n) is 16.5. The highest BCUT2D eigenvalue weighted by Crippen LogP contribution is 2.36. The molecule has 4 atom stereocenters. The summed E-state index contributed by atoms with van der Waals surface area (Å²) in [4.78, 5) is 0. The second kappa shape index (κ2) is 10.5. The molecule has 0 radical (unpaired) electrons. The van der Waals surface area contributed by atoms with Gasteiger partial charge < -0.3 is 5.32 Å². The number of nitrogens with one attached hydrogen (secondary N) is 1. The average molecular weight is 446 g/mol. The SMILES string of the molecule is CCCCCC(C)C1C/C=C(Br)\C(F)=C(\F)C(NC2=CC=C(C)CC2F)C1. The molecule has 27 heavy (non-hydrogen) atoms. The highest BCUT2D eigenvalue weighted by atomic mass is 79.9. The zero-order valence-corrected chi connectivity index (χ0v) is 18.1. The predicted octanol–water partition coefficient (Wildman–Crippen LogP) is 7.57. The summed E-state index contributed by atoms with van der Waals surface area (Å²) in [7, 11) is 0. The summed E-state index contributed by atoms with van der Waals surface area (Å²) < 4.78 is 43.7. The predicted molar refractivity (Wildman–Crippen MR) is 111 cm³/mol. The molecule has 4 unspecified atom stereocenters. The molecule has 0 spiro atoms. The number of unbranched alkanes of at least 4 members (excludes halogenated alkanes) is 2. The van der Waals surface area contributed by atoms with Gasteiger partial charge in [0.25, 0.3) is 0 Å². The van der Waals surface area contributed by atoms with Gasteiger partial charge in [-0.25, -0.2) is 13.2 Å². The smallest absolute Gasteiger partial charge is 0.170 e. The Morgan fingerprint density at radius 1 is 1.26 bits per heavy atom. The number of hydrogen-bond acceptors (Lipinski definition) is 1. The minimum absolute atomic E-state index is 0.155. The lowest BCUT2D eigenvalue weighted by Gasteiger charge is -2.31. The van der Waals surface area contributed by atoms with E-state index in [1.807, 2.05) is 13.0 Å². The normalized spacial score (nSPS) is 32.6. The maximum Gasteiger partial charge on any atom is 0.170 e. The summed E-state index contributed by atoms with van der Waals surface area (Å²) in [5.41, 5.74) is 1.28. The van der Waals surface area contributed by atoms with Crippen molar-refractivity contribution in [3.05, 3.63) is 45.6 Å². The first-order chi connectivity index (χ1) is 12.8. The highest BCUT2D eigenvalue weighted by Gasteiger charge is 2.31. The number of halogens is 4. The number of alkyl halides is 1. The Kier molecular flexibility index (Phi) is 8.71. The molecule has 1 N–H and O–H groups in total. The Balaban J connectivity index is 2.20. The molecule has 0 heterocycles. The third-order valence-electron chi connectivity index (χ3n) is 5.66. The summed E-state index contributed by atoms with van der Waals surface area (Å²) in [6, 6.07) is -0.846. The fourth-order valence-corrected chi connectivity index (χ4v) is 4.17. The van der Waals surface area contributed by atoms with Crippen LogP contribution < -0.4 is 5.32 Å². The van der Waals surface area contributed by atoms with Crippen LogP contribution >= 0.6 is 15.9 Å². The Labute approximate surface area is 170 Å². The van der Waals surface area contributed by atoms with Crippen molar-refractivity contribution in [2.24, 2.45) is 11.8 Å². The molecule has 2 rings (SSSR count). The molecule has 0 aromatic heterocycles. The van der Waals surface area contributed by atoms with E-state index in [1.54, 1.807) is 12.2 Å². The largest absolute Gasteiger partial charge is 0.377 e. The van der Waals surface area contributed by atoms with Crippen LogP contribution in [-0.2, 0) is 0 Å². The van der Waals surface area contributed by atoms with Gasteiger partial charge in [0.15, 0.2) is 11.7 Å². The fraction of sp³-hybridized carbons (Fsp3) is 0.636. The lowest BCUT2D eigenvalue weighted by atomic mass is 9.81. The van der Waals surface area contributed by atoms with E-state index in [4.69, 9.17) is 0 Å². The molecule has 5 heteroatoms. The average Bonchev–Trinajstić information content (AvgIpc) is 2.63. The lowest BCUT2D eigenvalue weighted by molar-refractivity contribution is 0.266. The van der Waals surface area contributed by atoms with Crippen molar-refractivity contribution in [3.63, 3.8) is 0 Å². The molecule has 0 aromatic carbocycles. The van der Waals surface area contributed by atoms with E-state index >= 15 is 0 Å². The quantitative estimate of drug-likeness (QED) is 0.398. The van der Waals surface area contributed by atoms with Gasteiger partial charge in [-0.15, -0.1) is 0 Å². The van der Waals surface area contributed by atoms with Crippen LogP contribution in [0.25, 0.3) is 0 Å². The van der Waals surface area contributed by atoms with Crippen LogP contribution in [0, 0.1) is 11.8 Å². The molecular formula is C22H31BrF3N. The maximum atomic E-state index is 14.8. The van der Waals surface area contributed by atoms with E-state index < -0.39 is 23.9 Å². The number of allylic oxidation sites excluding steroid dienone is 7. The maximum absolute atomic E-state index is 14.8. The van der Waals surface area contributed by atoms with Gasteiger partial charge in [-0.1, -0.05) is 57.3 Å². The van der Waals surface area contributed by atoms with Crippen molar-refractivity contribution < 1.29 is 13.2 Å². The van der Waals surface area contributed by atoms with Crippen LogP contribution in [0.15, 0.2) is 45.6 Å². The van der Waals surface area contributed by atoms with Gasteiger partial charge >= 0.3 is 0 Å². The lowest BCUT2D eigenvalue weighted by Crippen LogP contribution is -2.37. The monoisotopic (exact) mass is 445 g/mol. The Morgan fingerprint density at radius 3 is 2.67 bits per heavy atom. The second-order valence-corrected chi connectivity index (χ2v) is 8.78. The molecule has 0 saturated carbocycles. The first kappa shape index (κ1) is 22.3. The van der Waals surface area contributed by atoms with Gasteiger partial charge in [-0.05, 0) is 53.6 Å². The topological polar surface area (TPSA) is 12.0 Å². The highest BCUT2D eigenvalue weighted by molar-refractivity contribution is 9.11. The molecule has 152 valence electrons. The van der Waals surface area contributed by atoms with Crippen LogP contribution in [0.5, 0.6) is 0 Å². The Hall–Kier alpha value is -0.970. The van der Waals surface area contributed by atoms with E-state index in [1.165, 1.54) is 6.42 Å². The van der Waals surface area contributed by atoms with Crippen molar-refractivity contribution >= 4 is 15.9 Å². The summed E-state index contributed by atoms with van der Waals surface area (Å²) >= 11 is 3.15. The molecule has 0 aliphatic heterocycles. The molecule has 2 aliphatic rings. The van der Waals surface area contributed by atoms with Crippen LogP contribution in [-0.4, -0.2) is 12.2 Å². The fourth-order valence-electron chi connectivity index (χ4n) is 3.79. The molecule has 0 amide bonds. The van der Waals surface area contributed by atoms with Crippen LogP contribution in [0.1, 0.15) is 65.7 Å². The van der Waals surface area contributed by atoms with E-state index in [0.717, 1.165) is 24.8 Å². The van der Waals surface area contributed by atoms with E-state index in [-0.39, 0.29) is 10.4 Å². The van der Waals surface area contributed by atoms with Crippen molar-refractivity contribution in [2.75, 3.05) is 0 Å². The van der Waals surface area contributed by atoms with Gasteiger partial charge in [-0.2, -0.15) is 0 Å². The third kappa shape index (κ3) is 6.27. The minimum atomic E-state index is -1.20. The second-order valence-electron chi connectivity index (χ2n) is 7.92. The first-order valence-electron chi connectivity index (χ1n) is 10.0. The van der Waals surface area contributed by atoms with Crippen molar-refractivity contribution in [2.45, 2.75) is 77.9 Å². The van der Waals surface area contributed by atoms with Crippen molar-refractivity contribution in [1.82, 2.24) is 5.32 Å². The molecule has 1 nitrogen and oxygen atoms in total. The van der Waals surface area contributed by atoms with E-state index in [9.17, 15) is 13.2 Å². The standard InChI is InChI=1S/C22H31BrF3N/c1-4-5-6-7-15(3)16-9-10-17(23)21(25)22(26)20(13-16)27-19-11-8-14(2)12-18(19)24/h8,10-11,15-16,18,20,27H,4-7,9,12-13H2,1-3H3/b17-10+,22-21-. The summed E-state index contributed by atoms with van der Waals surface area (Å²) in [6.45, 7) is 6.22. The summed E-state index contributed by atoms with van der Waals surface area (Å²) in [6.07, 6.45) is 10.0. The minimum Gasteiger partial charge on any atom is -0.377 e. The Morgan fingerprint density at radius 2 is 2.00 bits per heavy atom. The van der Waals surface area contributed by atoms with Crippen LogP contribution in [0.2, 0.25) is 0 Å². The van der Waals surface area contributed by atoms with E-state index in [2.05, 4.69) is 35.1 Å². The molecule has 0 aromatic rings. The third-order valence-corrected chi connectivity index (χ3v) is 6.33. The van der Waals surface area contributed by atoms with Crippen LogP contribution in [0.4, 0.5) is 13.2 Å². The molecule has 0 bridgehead atoms. The van der Waals surface area contributed by atoms with Crippen molar-refractivity contribution in [3.8, 4) is 0 Å². The van der Waals surface area contributed by atoms with E-state index in [0.29, 0.717) is 30.9 Å². The van der Waals surface area contributed by atoms with Gasteiger partial charge in [0.1, 0.15) is 6.17 Å². The van der Waals surface area contributed by atoms with Gasteiger partial charge in [0.2, 0.25) is 0 Å². The number of hydrogen-bond donors (Lipinski definition) is 1. The van der Waals surface area contributed by atoms with Crippen molar-refractivity contribution in [1.29, 1.82) is 0 Å². The van der Waals surface area contributed by atoms with Gasteiger partial charge in [0.05, 0.1) is 10.5 Å². The summed E-state index contributed by atoms with van der Waals surface area (Å²) in [5, 5.41) is 2.97. The molecule has 0 fully saturated rings. The number of rotatable bonds is 7. The van der Waals surface area contributed by atoms with Crippen LogP contribution in [0.3, 0.4) is 0 Å². The molecular weight excluding hydrogens is 415 g/mol.